The minimum atomic E-state index is -0.709. The summed E-state index contributed by atoms with van der Waals surface area (Å²) in [6.45, 7) is 0. The Labute approximate surface area is 115 Å². The fourth-order valence-electron chi connectivity index (χ4n) is 1.46. The maximum atomic E-state index is 10.4. The first kappa shape index (κ1) is 15.2. The van der Waals surface area contributed by atoms with Crippen molar-refractivity contribution in [2.45, 2.75) is 12.8 Å². The van der Waals surface area contributed by atoms with Crippen molar-refractivity contribution < 1.29 is 9.59 Å². The molecule has 0 fully saturated rings. The number of carbonyl (C=O) groups excluding carboxylic acids is 2. The van der Waals surface area contributed by atoms with Gasteiger partial charge in [-0.2, -0.15) is 10.2 Å². The molecular formula is C12H16N6O2. The fourth-order valence-corrected chi connectivity index (χ4v) is 1.46. The summed E-state index contributed by atoms with van der Waals surface area (Å²) in [6, 6.07) is 6.24. The van der Waals surface area contributed by atoms with Crippen LogP contribution in [0.3, 0.4) is 0 Å². The molecule has 8 heteroatoms. The number of nitrogens with one attached hydrogen (secondary N) is 2. The predicted octanol–water partition coefficient (Wildman–Crippen LogP) is 0.0798. The van der Waals surface area contributed by atoms with Crippen LogP contribution in [0.15, 0.2) is 34.5 Å². The molecule has 0 radical (unpaired) electrons. The molecule has 0 spiro atoms. The highest BCUT2D eigenvalue weighted by Crippen LogP contribution is 2.08. The standard InChI is InChI=1S/C12H16N6O2/c13-11(19)17-15-7-5-9-3-1-2-4-10(9)6-8-16-18-12(14)20/h1-4,7-8H,5-6H2,(H3,13,17,19)(H3,14,18,20)/b15-7+,16-8+. The molecule has 1 rings (SSSR count). The highest BCUT2D eigenvalue weighted by atomic mass is 16.2. The number of urea groups is 2. The lowest BCUT2D eigenvalue weighted by molar-refractivity contribution is 0.248. The molecule has 0 saturated heterocycles. The van der Waals surface area contributed by atoms with Crippen LogP contribution in [0.4, 0.5) is 9.59 Å². The summed E-state index contributed by atoms with van der Waals surface area (Å²) in [5.41, 5.74) is 16.0. The van der Waals surface area contributed by atoms with E-state index in [1.54, 1.807) is 12.4 Å². The van der Waals surface area contributed by atoms with Gasteiger partial charge in [-0.25, -0.2) is 20.4 Å². The van der Waals surface area contributed by atoms with Gasteiger partial charge in [-0.3, -0.25) is 0 Å². The van der Waals surface area contributed by atoms with Gasteiger partial charge in [-0.05, 0) is 11.1 Å². The smallest absolute Gasteiger partial charge is 0.332 e. The van der Waals surface area contributed by atoms with Crippen LogP contribution in [0.1, 0.15) is 11.1 Å². The molecule has 4 amide bonds. The molecule has 0 saturated carbocycles. The van der Waals surface area contributed by atoms with Crippen LogP contribution in [0.25, 0.3) is 0 Å². The van der Waals surface area contributed by atoms with Gasteiger partial charge in [0.15, 0.2) is 0 Å². The van der Waals surface area contributed by atoms with E-state index in [0.717, 1.165) is 11.1 Å². The zero-order chi connectivity index (χ0) is 14.8. The molecule has 0 heterocycles. The zero-order valence-electron chi connectivity index (χ0n) is 10.7. The fraction of sp³-hybridized carbons (Fsp3) is 0.167. The normalized spacial score (nSPS) is 10.8. The molecule has 0 unspecified atom stereocenters. The van der Waals surface area contributed by atoms with E-state index in [-0.39, 0.29) is 0 Å². The number of benzene rings is 1. The van der Waals surface area contributed by atoms with Crippen molar-refractivity contribution >= 4 is 24.5 Å². The summed E-state index contributed by atoms with van der Waals surface area (Å²) >= 11 is 0. The highest BCUT2D eigenvalue weighted by Gasteiger charge is 1.99. The zero-order valence-corrected chi connectivity index (χ0v) is 10.7. The minimum absolute atomic E-state index is 0.535. The van der Waals surface area contributed by atoms with E-state index in [2.05, 4.69) is 21.1 Å². The number of hydrogen-bond acceptors (Lipinski definition) is 4. The molecule has 0 aliphatic heterocycles. The summed E-state index contributed by atoms with van der Waals surface area (Å²) < 4.78 is 0. The van der Waals surface area contributed by atoms with Crippen LogP contribution in [0.2, 0.25) is 0 Å². The molecule has 0 bridgehead atoms. The SMILES string of the molecule is NC(=O)N/N=C/Cc1ccccc1C/C=N/NC(N)=O. The van der Waals surface area contributed by atoms with Crippen LogP contribution < -0.4 is 22.3 Å². The molecule has 0 atom stereocenters. The van der Waals surface area contributed by atoms with Crippen molar-refractivity contribution in [2.24, 2.45) is 21.7 Å². The van der Waals surface area contributed by atoms with E-state index < -0.39 is 12.1 Å². The average molecular weight is 276 g/mol. The van der Waals surface area contributed by atoms with Gasteiger partial charge in [0.05, 0.1) is 0 Å². The summed E-state index contributed by atoms with van der Waals surface area (Å²) in [4.78, 5) is 20.9. The monoisotopic (exact) mass is 276 g/mol. The topological polar surface area (TPSA) is 135 Å². The molecule has 0 aliphatic carbocycles. The van der Waals surface area contributed by atoms with Crippen LogP contribution in [-0.4, -0.2) is 24.5 Å². The maximum Gasteiger partial charge on any atom is 0.332 e. The molecule has 20 heavy (non-hydrogen) atoms. The van der Waals surface area contributed by atoms with Gasteiger partial charge in [-0.15, -0.1) is 0 Å². The molecule has 106 valence electrons. The minimum Gasteiger partial charge on any atom is -0.350 e. The molecule has 0 aliphatic rings. The first-order valence-corrected chi connectivity index (χ1v) is 5.80. The Bertz CT molecular complexity index is 479. The van der Waals surface area contributed by atoms with Crippen LogP contribution in [-0.2, 0) is 12.8 Å². The van der Waals surface area contributed by atoms with E-state index in [0.29, 0.717) is 12.8 Å². The van der Waals surface area contributed by atoms with Crippen molar-refractivity contribution in [3.8, 4) is 0 Å². The molecular weight excluding hydrogens is 260 g/mol. The second kappa shape index (κ2) is 8.25. The van der Waals surface area contributed by atoms with Gasteiger partial charge >= 0.3 is 12.1 Å². The quantitative estimate of drug-likeness (QED) is 0.432. The number of nitrogens with zero attached hydrogens (tertiary/aromatic N) is 2. The van der Waals surface area contributed by atoms with Gasteiger partial charge in [0, 0.05) is 25.3 Å². The summed E-state index contributed by atoms with van der Waals surface area (Å²) in [5, 5.41) is 7.34. The number of hydrogen-bond donors (Lipinski definition) is 4. The predicted molar refractivity (Wildman–Crippen MR) is 76.3 cm³/mol. The number of hydrazone groups is 2. The van der Waals surface area contributed by atoms with Gasteiger partial charge in [0.25, 0.3) is 0 Å². The van der Waals surface area contributed by atoms with Crippen molar-refractivity contribution in [1.82, 2.24) is 10.9 Å². The van der Waals surface area contributed by atoms with Crippen molar-refractivity contribution in [3.63, 3.8) is 0 Å². The Morgan fingerprint density at radius 3 is 1.70 bits per heavy atom. The van der Waals surface area contributed by atoms with Gasteiger partial charge in [0.2, 0.25) is 0 Å². The number of primary amides is 2. The molecule has 8 nitrogen and oxygen atoms in total. The van der Waals surface area contributed by atoms with E-state index in [4.69, 9.17) is 11.5 Å². The summed E-state index contributed by atoms with van der Waals surface area (Å²) in [5.74, 6) is 0. The van der Waals surface area contributed by atoms with E-state index in [1.165, 1.54) is 0 Å². The van der Waals surface area contributed by atoms with Crippen molar-refractivity contribution in [1.29, 1.82) is 0 Å². The van der Waals surface area contributed by atoms with E-state index in [9.17, 15) is 9.59 Å². The third-order valence-corrected chi connectivity index (χ3v) is 2.27. The van der Waals surface area contributed by atoms with Crippen LogP contribution in [0.5, 0.6) is 0 Å². The van der Waals surface area contributed by atoms with E-state index >= 15 is 0 Å². The highest BCUT2D eigenvalue weighted by molar-refractivity contribution is 5.74. The number of amides is 4. The summed E-state index contributed by atoms with van der Waals surface area (Å²) in [6.07, 6.45) is 4.16. The Morgan fingerprint density at radius 2 is 1.35 bits per heavy atom. The number of rotatable bonds is 6. The lowest BCUT2D eigenvalue weighted by Gasteiger charge is -2.04. The summed E-state index contributed by atoms with van der Waals surface area (Å²) in [7, 11) is 0. The number of nitrogens with two attached hydrogens (primary N) is 2. The second-order valence-corrected chi connectivity index (χ2v) is 3.75. The Balaban J connectivity index is 2.59. The molecule has 0 aromatic heterocycles. The third-order valence-electron chi connectivity index (χ3n) is 2.27. The largest absolute Gasteiger partial charge is 0.350 e. The third kappa shape index (κ3) is 6.15. The first-order chi connectivity index (χ1) is 9.59. The first-order valence-electron chi connectivity index (χ1n) is 5.80. The number of carbonyl (C=O) groups is 2. The van der Waals surface area contributed by atoms with E-state index in [1.807, 2.05) is 24.3 Å². The molecule has 1 aromatic rings. The van der Waals surface area contributed by atoms with Crippen LogP contribution >= 0.6 is 0 Å². The van der Waals surface area contributed by atoms with Gasteiger partial charge < -0.3 is 11.5 Å². The van der Waals surface area contributed by atoms with Crippen molar-refractivity contribution in [2.75, 3.05) is 0 Å². The Hall–Kier alpha value is -2.90. The average Bonchev–Trinajstić information content (AvgIpc) is 2.40. The Kier molecular flexibility index (Phi) is 6.25. The Morgan fingerprint density at radius 1 is 0.950 bits per heavy atom. The molecule has 1 aromatic carbocycles. The van der Waals surface area contributed by atoms with Gasteiger partial charge in [0.1, 0.15) is 0 Å². The van der Waals surface area contributed by atoms with Gasteiger partial charge in [-0.1, -0.05) is 24.3 Å². The lowest BCUT2D eigenvalue weighted by atomic mass is 10.0. The second-order valence-electron chi connectivity index (χ2n) is 3.75. The maximum absolute atomic E-state index is 10.4. The van der Waals surface area contributed by atoms with Crippen LogP contribution in [0, 0.1) is 0 Å². The molecule has 6 N–H and O–H groups in total. The lowest BCUT2D eigenvalue weighted by Crippen LogP contribution is -2.24. The van der Waals surface area contributed by atoms with Crippen molar-refractivity contribution in [3.05, 3.63) is 35.4 Å².